The van der Waals surface area contributed by atoms with Gasteiger partial charge >= 0.3 is 0 Å². The van der Waals surface area contributed by atoms with E-state index in [0.717, 1.165) is 47.7 Å². The van der Waals surface area contributed by atoms with Crippen molar-refractivity contribution in [1.82, 2.24) is 24.6 Å². The van der Waals surface area contributed by atoms with Gasteiger partial charge in [0.1, 0.15) is 11.6 Å². The van der Waals surface area contributed by atoms with Gasteiger partial charge in [-0.1, -0.05) is 12.1 Å². The van der Waals surface area contributed by atoms with Crippen LogP contribution in [0.3, 0.4) is 0 Å². The van der Waals surface area contributed by atoms with E-state index in [0.29, 0.717) is 5.95 Å². The summed E-state index contributed by atoms with van der Waals surface area (Å²) in [5.74, 6) is 1.29. The third-order valence-corrected chi connectivity index (χ3v) is 5.46. The van der Waals surface area contributed by atoms with Gasteiger partial charge in [0.2, 0.25) is 5.95 Å². The zero-order valence-electron chi connectivity index (χ0n) is 16.9. The van der Waals surface area contributed by atoms with Crippen molar-refractivity contribution in [2.24, 2.45) is 0 Å². The summed E-state index contributed by atoms with van der Waals surface area (Å²) >= 11 is 0. The number of nitrogens with zero attached hydrogens (tertiary/aromatic N) is 7. The summed E-state index contributed by atoms with van der Waals surface area (Å²) in [4.78, 5) is 17.4. The number of rotatable bonds is 4. The molecule has 1 aromatic carbocycles. The van der Waals surface area contributed by atoms with E-state index in [4.69, 9.17) is 5.10 Å². The fraction of sp³-hybridized carbons (Fsp3) is 0.273. The third kappa shape index (κ3) is 3.24. The molecule has 1 saturated heterocycles. The summed E-state index contributed by atoms with van der Waals surface area (Å²) in [7, 11) is 3.81. The van der Waals surface area contributed by atoms with Gasteiger partial charge in [-0.25, -0.2) is 23.9 Å². The lowest BCUT2D eigenvalue weighted by Crippen LogP contribution is -2.24. The maximum Gasteiger partial charge on any atom is 0.224 e. The van der Waals surface area contributed by atoms with Crippen molar-refractivity contribution >= 4 is 17.4 Å². The Morgan fingerprint density at radius 2 is 1.87 bits per heavy atom. The molecule has 0 aliphatic carbocycles. The van der Waals surface area contributed by atoms with Gasteiger partial charge in [-0.2, -0.15) is 0 Å². The fourth-order valence-corrected chi connectivity index (χ4v) is 4.00. The number of fused-ring (bicyclic) bond motifs is 1. The lowest BCUT2D eigenvalue weighted by molar-refractivity contribution is 0.617. The molecule has 7 nitrogen and oxygen atoms in total. The minimum atomic E-state index is -0.208. The molecule has 1 aliphatic rings. The first-order chi connectivity index (χ1) is 14.6. The Hall–Kier alpha value is -3.55. The zero-order chi connectivity index (χ0) is 20.7. The smallest absolute Gasteiger partial charge is 0.224 e. The molecular weight excluding hydrogens is 381 g/mol. The van der Waals surface area contributed by atoms with E-state index in [1.165, 1.54) is 6.07 Å². The van der Waals surface area contributed by atoms with Gasteiger partial charge in [-0.3, -0.25) is 0 Å². The highest BCUT2D eigenvalue weighted by Crippen LogP contribution is 2.35. The van der Waals surface area contributed by atoms with E-state index < -0.39 is 0 Å². The average Bonchev–Trinajstić information content (AvgIpc) is 3.40. The SMILES string of the molecule is CN(C)c1ncc(-c2cnc3ccc(N4CCCC4c4cccc(F)c4)nn23)cn1. The van der Waals surface area contributed by atoms with Crippen LogP contribution < -0.4 is 9.80 Å². The quantitative estimate of drug-likeness (QED) is 0.517. The maximum atomic E-state index is 13.8. The number of benzene rings is 1. The molecule has 1 fully saturated rings. The van der Waals surface area contributed by atoms with E-state index >= 15 is 0 Å². The highest BCUT2D eigenvalue weighted by Gasteiger charge is 2.28. The highest BCUT2D eigenvalue weighted by atomic mass is 19.1. The standard InChI is InChI=1S/C22H22FN7/c1-28(2)22-25-12-16(13-26-22)19-14-24-20-8-9-21(27-30(19)20)29-10-4-7-18(29)15-5-3-6-17(23)11-15/h3,5-6,8-9,11-14,18H,4,7,10H2,1-2H3. The van der Waals surface area contributed by atoms with Crippen LogP contribution in [0.25, 0.3) is 16.9 Å². The minimum absolute atomic E-state index is 0.111. The van der Waals surface area contributed by atoms with E-state index in [1.807, 2.05) is 41.7 Å². The second-order valence-corrected chi connectivity index (χ2v) is 7.68. The summed E-state index contributed by atoms with van der Waals surface area (Å²) in [5, 5.41) is 4.87. The van der Waals surface area contributed by atoms with Gasteiger partial charge in [0.15, 0.2) is 5.65 Å². The molecule has 5 rings (SSSR count). The van der Waals surface area contributed by atoms with Gasteiger partial charge in [0.05, 0.1) is 17.9 Å². The normalized spacial score (nSPS) is 16.4. The molecule has 0 N–H and O–H groups in total. The van der Waals surface area contributed by atoms with Crippen LogP contribution in [0.4, 0.5) is 16.2 Å². The molecule has 1 atom stereocenters. The molecule has 8 heteroatoms. The molecule has 152 valence electrons. The molecule has 0 saturated carbocycles. The zero-order valence-corrected chi connectivity index (χ0v) is 16.9. The Morgan fingerprint density at radius 1 is 1.03 bits per heavy atom. The van der Waals surface area contributed by atoms with Gasteiger partial charge in [0.25, 0.3) is 0 Å². The van der Waals surface area contributed by atoms with E-state index in [2.05, 4.69) is 19.9 Å². The Bertz CT molecular complexity index is 1190. The van der Waals surface area contributed by atoms with Crippen LogP contribution in [0.2, 0.25) is 0 Å². The van der Waals surface area contributed by atoms with Crippen LogP contribution in [0, 0.1) is 5.82 Å². The van der Waals surface area contributed by atoms with Gasteiger partial charge in [-0.05, 0) is 42.7 Å². The number of hydrogen-bond acceptors (Lipinski definition) is 6. The summed E-state index contributed by atoms with van der Waals surface area (Å²) in [5.41, 5.74) is 3.42. The van der Waals surface area contributed by atoms with Gasteiger partial charge in [-0.15, -0.1) is 5.10 Å². The van der Waals surface area contributed by atoms with E-state index in [1.54, 1.807) is 30.7 Å². The maximum absolute atomic E-state index is 13.8. The number of imidazole rings is 1. The molecule has 1 unspecified atom stereocenters. The van der Waals surface area contributed by atoms with Crippen molar-refractivity contribution in [2.75, 3.05) is 30.4 Å². The summed E-state index contributed by atoms with van der Waals surface area (Å²) in [6.07, 6.45) is 7.36. The summed E-state index contributed by atoms with van der Waals surface area (Å²) in [6, 6.07) is 10.9. The molecule has 0 amide bonds. The summed E-state index contributed by atoms with van der Waals surface area (Å²) < 4.78 is 15.6. The predicted octanol–water partition coefficient (Wildman–Crippen LogP) is 3.73. The molecule has 3 aromatic heterocycles. The Labute approximate surface area is 173 Å². The molecule has 0 spiro atoms. The number of anilines is 2. The Morgan fingerprint density at radius 3 is 2.63 bits per heavy atom. The van der Waals surface area contributed by atoms with Crippen LogP contribution in [-0.4, -0.2) is 45.2 Å². The molecular formula is C22H22FN7. The third-order valence-electron chi connectivity index (χ3n) is 5.46. The van der Waals surface area contributed by atoms with E-state index in [-0.39, 0.29) is 11.9 Å². The second kappa shape index (κ2) is 7.37. The topological polar surface area (TPSA) is 62.5 Å². The van der Waals surface area contributed by atoms with Crippen molar-refractivity contribution in [3.05, 3.63) is 66.4 Å². The second-order valence-electron chi connectivity index (χ2n) is 7.68. The largest absolute Gasteiger partial charge is 0.348 e. The van der Waals surface area contributed by atoms with Crippen molar-refractivity contribution in [1.29, 1.82) is 0 Å². The Balaban J connectivity index is 1.52. The number of halogens is 1. The van der Waals surface area contributed by atoms with Crippen molar-refractivity contribution in [2.45, 2.75) is 18.9 Å². The van der Waals surface area contributed by atoms with Crippen LogP contribution in [0.5, 0.6) is 0 Å². The summed E-state index contributed by atoms with van der Waals surface area (Å²) in [6.45, 7) is 0.879. The first-order valence-electron chi connectivity index (χ1n) is 9.97. The van der Waals surface area contributed by atoms with Crippen LogP contribution in [0.15, 0.2) is 55.0 Å². The van der Waals surface area contributed by atoms with E-state index in [9.17, 15) is 4.39 Å². The lowest BCUT2D eigenvalue weighted by atomic mass is 10.0. The molecule has 0 bridgehead atoms. The molecule has 1 aliphatic heterocycles. The predicted molar refractivity (Wildman–Crippen MR) is 114 cm³/mol. The van der Waals surface area contributed by atoms with Crippen molar-refractivity contribution in [3.8, 4) is 11.3 Å². The van der Waals surface area contributed by atoms with Crippen LogP contribution in [0.1, 0.15) is 24.4 Å². The lowest BCUT2D eigenvalue weighted by Gasteiger charge is -2.26. The van der Waals surface area contributed by atoms with Gasteiger partial charge < -0.3 is 9.80 Å². The number of hydrogen-bond donors (Lipinski definition) is 0. The Kier molecular flexibility index (Phi) is 4.54. The monoisotopic (exact) mass is 403 g/mol. The minimum Gasteiger partial charge on any atom is -0.348 e. The highest BCUT2D eigenvalue weighted by molar-refractivity contribution is 5.63. The van der Waals surface area contributed by atoms with Gasteiger partial charge in [0, 0.05) is 38.6 Å². The first-order valence-corrected chi connectivity index (χ1v) is 9.97. The van der Waals surface area contributed by atoms with Crippen LogP contribution in [-0.2, 0) is 0 Å². The number of aromatic nitrogens is 5. The molecule has 4 aromatic rings. The van der Waals surface area contributed by atoms with Crippen molar-refractivity contribution in [3.63, 3.8) is 0 Å². The first kappa shape index (κ1) is 18.5. The average molecular weight is 403 g/mol. The van der Waals surface area contributed by atoms with Crippen LogP contribution >= 0.6 is 0 Å². The fourth-order valence-electron chi connectivity index (χ4n) is 4.00. The molecule has 30 heavy (non-hydrogen) atoms. The molecule has 4 heterocycles. The van der Waals surface area contributed by atoms with Crippen molar-refractivity contribution < 1.29 is 4.39 Å². The molecule has 0 radical (unpaired) electrons.